The molecule has 2 rings (SSSR count). The lowest BCUT2D eigenvalue weighted by Crippen LogP contribution is -1.99. The van der Waals surface area contributed by atoms with Crippen LogP contribution in [0.5, 0.6) is 0 Å². The zero-order valence-electron chi connectivity index (χ0n) is 8.06. The van der Waals surface area contributed by atoms with E-state index in [1.165, 1.54) is 25.7 Å². The van der Waals surface area contributed by atoms with E-state index in [0.29, 0.717) is 0 Å². The Morgan fingerprint density at radius 2 is 2.09 bits per heavy atom. The number of rotatable bonds is 3. The van der Waals surface area contributed by atoms with Gasteiger partial charge in [0, 0.05) is 0 Å². The van der Waals surface area contributed by atoms with Crippen molar-refractivity contribution in [3.05, 3.63) is 0 Å². The van der Waals surface area contributed by atoms with Gasteiger partial charge >= 0.3 is 0 Å². The molecule has 0 aliphatic heterocycles. The van der Waals surface area contributed by atoms with Crippen molar-refractivity contribution >= 4 is 0 Å². The molecule has 0 aromatic carbocycles. The van der Waals surface area contributed by atoms with Gasteiger partial charge in [-0.3, -0.25) is 0 Å². The van der Waals surface area contributed by atoms with E-state index in [1.807, 2.05) is 0 Å². The Morgan fingerprint density at radius 1 is 1.45 bits per heavy atom. The van der Waals surface area contributed by atoms with Gasteiger partial charge in [-0.2, -0.15) is 0 Å². The van der Waals surface area contributed by atoms with Crippen LogP contribution >= 0.6 is 0 Å². The fraction of sp³-hybridized carbons (Fsp3) is 1.00. The highest BCUT2D eigenvalue weighted by molar-refractivity contribution is 5.02. The molecule has 4 atom stereocenters. The van der Waals surface area contributed by atoms with E-state index in [9.17, 15) is 0 Å². The lowest BCUT2D eigenvalue weighted by molar-refractivity contribution is 0.416. The molecule has 11 heavy (non-hydrogen) atoms. The lowest BCUT2D eigenvalue weighted by Gasteiger charge is -2.08. The summed E-state index contributed by atoms with van der Waals surface area (Å²) in [5.74, 6) is 3.25. The summed E-state index contributed by atoms with van der Waals surface area (Å²) in [7, 11) is 0. The molecule has 0 nitrogen and oxygen atoms in total. The topological polar surface area (TPSA) is 0 Å². The van der Waals surface area contributed by atoms with Crippen LogP contribution in [0.3, 0.4) is 0 Å². The molecule has 64 valence electrons. The SMILES string of the molecule is CCC1CC1(C)CC1CC1C. The molecule has 0 heteroatoms. The fourth-order valence-corrected chi connectivity index (χ4v) is 2.67. The van der Waals surface area contributed by atoms with E-state index >= 15 is 0 Å². The first-order valence-corrected chi connectivity index (χ1v) is 5.15. The molecule has 4 unspecified atom stereocenters. The van der Waals surface area contributed by atoms with Gasteiger partial charge < -0.3 is 0 Å². The summed E-state index contributed by atoms with van der Waals surface area (Å²) < 4.78 is 0. The van der Waals surface area contributed by atoms with Gasteiger partial charge in [-0.05, 0) is 42.4 Å². The van der Waals surface area contributed by atoms with Crippen LogP contribution in [0.25, 0.3) is 0 Å². The third-order valence-corrected chi connectivity index (χ3v) is 4.04. The Morgan fingerprint density at radius 3 is 2.45 bits per heavy atom. The van der Waals surface area contributed by atoms with Crippen LogP contribution in [0.1, 0.15) is 46.5 Å². The van der Waals surface area contributed by atoms with Crippen molar-refractivity contribution in [2.45, 2.75) is 46.5 Å². The van der Waals surface area contributed by atoms with Gasteiger partial charge in [-0.25, -0.2) is 0 Å². The molecule has 0 aromatic rings. The molecular weight excluding hydrogens is 132 g/mol. The first-order chi connectivity index (χ1) is 5.15. The molecule has 0 N–H and O–H groups in total. The minimum Gasteiger partial charge on any atom is -0.0651 e. The molecule has 0 spiro atoms. The smallest absolute Gasteiger partial charge is 0.0292 e. The van der Waals surface area contributed by atoms with Gasteiger partial charge in [0.15, 0.2) is 0 Å². The Bertz CT molecular complexity index is 161. The summed E-state index contributed by atoms with van der Waals surface area (Å²) >= 11 is 0. The summed E-state index contributed by atoms with van der Waals surface area (Å²) in [5, 5.41) is 0. The van der Waals surface area contributed by atoms with Gasteiger partial charge in [0.1, 0.15) is 0 Å². The van der Waals surface area contributed by atoms with Crippen molar-refractivity contribution in [1.29, 1.82) is 0 Å². The Balaban J connectivity index is 1.79. The van der Waals surface area contributed by atoms with E-state index in [-0.39, 0.29) is 0 Å². The highest BCUT2D eigenvalue weighted by Gasteiger charge is 2.52. The highest BCUT2D eigenvalue weighted by atomic mass is 14.6. The van der Waals surface area contributed by atoms with Gasteiger partial charge in [0.25, 0.3) is 0 Å². The van der Waals surface area contributed by atoms with E-state index in [2.05, 4.69) is 20.8 Å². The molecule has 2 fully saturated rings. The van der Waals surface area contributed by atoms with Crippen LogP contribution in [-0.2, 0) is 0 Å². The third kappa shape index (κ3) is 1.32. The summed E-state index contributed by atoms with van der Waals surface area (Å²) in [6.45, 7) is 7.23. The summed E-state index contributed by atoms with van der Waals surface area (Å²) in [6, 6.07) is 0. The average molecular weight is 152 g/mol. The second-order valence-electron chi connectivity index (χ2n) is 5.14. The van der Waals surface area contributed by atoms with Crippen molar-refractivity contribution in [2.75, 3.05) is 0 Å². The van der Waals surface area contributed by atoms with Crippen molar-refractivity contribution in [3.8, 4) is 0 Å². The molecule has 0 aromatic heterocycles. The standard InChI is InChI=1S/C11H20/c1-4-10-7-11(10,3)6-9-5-8(9)2/h8-10H,4-7H2,1-3H3. The monoisotopic (exact) mass is 152 g/mol. The number of hydrogen-bond acceptors (Lipinski definition) is 0. The van der Waals surface area contributed by atoms with Crippen LogP contribution in [0.15, 0.2) is 0 Å². The second-order valence-corrected chi connectivity index (χ2v) is 5.14. The van der Waals surface area contributed by atoms with Gasteiger partial charge in [-0.15, -0.1) is 0 Å². The van der Waals surface area contributed by atoms with E-state index in [0.717, 1.165) is 23.2 Å². The average Bonchev–Trinajstić information content (AvgIpc) is 2.77. The lowest BCUT2D eigenvalue weighted by atomic mass is 9.97. The van der Waals surface area contributed by atoms with Crippen molar-refractivity contribution < 1.29 is 0 Å². The van der Waals surface area contributed by atoms with Crippen LogP contribution in [0, 0.1) is 23.2 Å². The van der Waals surface area contributed by atoms with Gasteiger partial charge in [0.2, 0.25) is 0 Å². The number of hydrogen-bond donors (Lipinski definition) is 0. The predicted molar refractivity (Wildman–Crippen MR) is 48.4 cm³/mol. The summed E-state index contributed by atoms with van der Waals surface area (Å²) in [4.78, 5) is 0. The highest BCUT2D eigenvalue weighted by Crippen LogP contribution is 2.61. The first kappa shape index (κ1) is 7.64. The fourth-order valence-electron chi connectivity index (χ4n) is 2.67. The molecule has 2 aliphatic rings. The Hall–Kier alpha value is 0. The zero-order valence-corrected chi connectivity index (χ0v) is 8.06. The van der Waals surface area contributed by atoms with E-state index in [1.54, 1.807) is 0 Å². The molecule has 0 saturated heterocycles. The molecule has 2 aliphatic carbocycles. The van der Waals surface area contributed by atoms with Crippen molar-refractivity contribution in [2.24, 2.45) is 23.2 Å². The van der Waals surface area contributed by atoms with Crippen LogP contribution in [0.4, 0.5) is 0 Å². The third-order valence-electron chi connectivity index (χ3n) is 4.04. The minimum absolute atomic E-state index is 0.782. The molecule has 0 bridgehead atoms. The summed E-state index contributed by atoms with van der Waals surface area (Å²) in [6.07, 6.45) is 5.99. The van der Waals surface area contributed by atoms with E-state index < -0.39 is 0 Å². The summed E-state index contributed by atoms with van der Waals surface area (Å²) in [5.41, 5.74) is 0.782. The zero-order chi connectivity index (χ0) is 8.06. The first-order valence-electron chi connectivity index (χ1n) is 5.15. The molecule has 2 saturated carbocycles. The second kappa shape index (κ2) is 2.24. The van der Waals surface area contributed by atoms with Gasteiger partial charge in [-0.1, -0.05) is 27.2 Å². The van der Waals surface area contributed by atoms with Crippen molar-refractivity contribution in [1.82, 2.24) is 0 Å². The maximum atomic E-state index is 2.49. The van der Waals surface area contributed by atoms with E-state index in [4.69, 9.17) is 0 Å². The maximum absolute atomic E-state index is 2.49. The van der Waals surface area contributed by atoms with Gasteiger partial charge in [0.05, 0.1) is 0 Å². The molecule has 0 amide bonds. The predicted octanol–water partition coefficient (Wildman–Crippen LogP) is 3.47. The quantitative estimate of drug-likeness (QED) is 0.581. The Labute approximate surface area is 70.4 Å². The largest absolute Gasteiger partial charge is 0.0651 e. The normalized spacial score (nSPS) is 54.3. The Kier molecular flexibility index (Phi) is 1.56. The minimum atomic E-state index is 0.782. The van der Waals surface area contributed by atoms with Crippen molar-refractivity contribution in [3.63, 3.8) is 0 Å². The van der Waals surface area contributed by atoms with Crippen LogP contribution in [-0.4, -0.2) is 0 Å². The van der Waals surface area contributed by atoms with Crippen LogP contribution < -0.4 is 0 Å². The maximum Gasteiger partial charge on any atom is -0.0292 e. The molecule has 0 heterocycles. The molecule has 0 radical (unpaired) electrons. The van der Waals surface area contributed by atoms with Crippen LogP contribution in [0.2, 0.25) is 0 Å². The molecular formula is C11H20.